The standard InChI is InChI=1S/C18H28FN3O2/c1-14-5-6-16(19)17(13-14)22-10-7-15(8-11-22)20-18(23)21(2)9-4-12-24-3/h5-6,13,15H,4,7-12H2,1-3H3,(H,20,23). The van der Waals surface area contributed by atoms with Gasteiger partial charge in [-0.3, -0.25) is 0 Å². The predicted molar refractivity (Wildman–Crippen MR) is 94.0 cm³/mol. The number of carbonyl (C=O) groups excluding carboxylic acids is 1. The highest BCUT2D eigenvalue weighted by atomic mass is 19.1. The summed E-state index contributed by atoms with van der Waals surface area (Å²) in [6.07, 6.45) is 2.47. The topological polar surface area (TPSA) is 44.8 Å². The van der Waals surface area contributed by atoms with E-state index < -0.39 is 0 Å². The van der Waals surface area contributed by atoms with Crippen LogP contribution < -0.4 is 10.2 Å². The van der Waals surface area contributed by atoms with Gasteiger partial charge in [-0.05, 0) is 43.9 Å². The molecule has 2 rings (SSSR count). The minimum absolute atomic E-state index is 0.0497. The van der Waals surface area contributed by atoms with Crippen LogP contribution in [0.4, 0.5) is 14.9 Å². The van der Waals surface area contributed by atoms with E-state index in [-0.39, 0.29) is 17.9 Å². The lowest BCUT2D eigenvalue weighted by Crippen LogP contribution is -2.48. The summed E-state index contributed by atoms with van der Waals surface area (Å²) in [6.45, 7) is 4.79. The maximum absolute atomic E-state index is 14.0. The third kappa shape index (κ3) is 5.09. The smallest absolute Gasteiger partial charge is 0.317 e. The Morgan fingerprint density at radius 3 is 2.79 bits per heavy atom. The van der Waals surface area contributed by atoms with Crippen LogP contribution in [0.3, 0.4) is 0 Å². The fourth-order valence-corrected chi connectivity index (χ4v) is 2.96. The van der Waals surface area contributed by atoms with Crippen molar-refractivity contribution in [2.24, 2.45) is 0 Å². The number of ether oxygens (including phenoxy) is 1. The zero-order valence-electron chi connectivity index (χ0n) is 14.8. The van der Waals surface area contributed by atoms with Crippen LogP contribution >= 0.6 is 0 Å². The van der Waals surface area contributed by atoms with E-state index in [1.807, 2.05) is 13.0 Å². The lowest BCUT2D eigenvalue weighted by Gasteiger charge is -2.35. The highest BCUT2D eigenvalue weighted by Gasteiger charge is 2.23. The fraction of sp³-hybridized carbons (Fsp3) is 0.611. The number of halogens is 1. The molecule has 0 unspecified atom stereocenters. The molecular formula is C18H28FN3O2. The van der Waals surface area contributed by atoms with Crippen molar-refractivity contribution in [3.63, 3.8) is 0 Å². The van der Waals surface area contributed by atoms with Crippen molar-refractivity contribution in [2.45, 2.75) is 32.2 Å². The molecule has 1 aliphatic rings. The second-order valence-electron chi connectivity index (χ2n) is 6.43. The molecule has 0 aliphatic carbocycles. The number of urea groups is 1. The van der Waals surface area contributed by atoms with Crippen molar-refractivity contribution in [3.05, 3.63) is 29.6 Å². The molecular weight excluding hydrogens is 309 g/mol. The zero-order valence-corrected chi connectivity index (χ0v) is 14.8. The Bertz CT molecular complexity index is 545. The monoisotopic (exact) mass is 337 g/mol. The molecule has 1 N–H and O–H groups in total. The van der Waals surface area contributed by atoms with E-state index in [9.17, 15) is 9.18 Å². The molecule has 1 aromatic carbocycles. The van der Waals surface area contributed by atoms with Gasteiger partial charge in [0.1, 0.15) is 5.82 Å². The van der Waals surface area contributed by atoms with Gasteiger partial charge in [0.15, 0.2) is 0 Å². The molecule has 0 aromatic heterocycles. The molecule has 134 valence electrons. The molecule has 1 heterocycles. The van der Waals surface area contributed by atoms with Crippen molar-refractivity contribution >= 4 is 11.7 Å². The van der Waals surface area contributed by atoms with Crippen LogP contribution in [0.2, 0.25) is 0 Å². The molecule has 1 fully saturated rings. The van der Waals surface area contributed by atoms with Crippen LogP contribution in [-0.2, 0) is 4.74 Å². The number of methoxy groups -OCH3 is 1. The number of rotatable bonds is 6. The van der Waals surface area contributed by atoms with E-state index in [1.54, 1.807) is 25.1 Å². The van der Waals surface area contributed by atoms with Gasteiger partial charge in [0.25, 0.3) is 0 Å². The van der Waals surface area contributed by atoms with Gasteiger partial charge in [-0.2, -0.15) is 0 Å². The first kappa shape index (κ1) is 18.5. The van der Waals surface area contributed by atoms with Gasteiger partial charge >= 0.3 is 6.03 Å². The number of nitrogens with zero attached hydrogens (tertiary/aromatic N) is 2. The molecule has 1 aliphatic heterocycles. The van der Waals surface area contributed by atoms with E-state index in [1.165, 1.54) is 6.07 Å². The van der Waals surface area contributed by atoms with Gasteiger partial charge < -0.3 is 19.9 Å². The summed E-state index contributed by atoms with van der Waals surface area (Å²) in [6, 6.07) is 5.29. The first-order chi connectivity index (χ1) is 11.5. The quantitative estimate of drug-likeness (QED) is 0.812. The van der Waals surface area contributed by atoms with Crippen molar-refractivity contribution in [2.75, 3.05) is 45.3 Å². The minimum Gasteiger partial charge on any atom is -0.385 e. The molecule has 1 saturated heterocycles. The van der Waals surface area contributed by atoms with Crippen LogP contribution in [0.15, 0.2) is 18.2 Å². The summed E-state index contributed by atoms with van der Waals surface area (Å²) in [5, 5.41) is 3.07. The summed E-state index contributed by atoms with van der Waals surface area (Å²) >= 11 is 0. The number of hydrogen-bond acceptors (Lipinski definition) is 3. The Morgan fingerprint density at radius 1 is 1.42 bits per heavy atom. The van der Waals surface area contributed by atoms with Crippen molar-refractivity contribution in [1.29, 1.82) is 0 Å². The first-order valence-electron chi connectivity index (χ1n) is 8.53. The average Bonchev–Trinajstić information content (AvgIpc) is 2.58. The first-order valence-corrected chi connectivity index (χ1v) is 8.53. The Labute approximate surface area is 143 Å². The number of anilines is 1. The number of carbonyl (C=O) groups is 1. The van der Waals surface area contributed by atoms with Crippen molar-refractivity contribution in [1.82, 2.24) is 10.2 Å². The molecule has 5 nitrogen and oxygen atoms in total. The van der Waals surface area contributed by atoms with Gasteiger partial charge in [0.2, 0.25) is 0 Å². The van der Waals surface area contributed by atoms with E-state index in [4.69, 9.17) is 4.74 Å². The molecule has 6 heteroatoms. The number of hydrogen-bond donors (Lipinski definition) is 1. The average molecular weight is 337 g/mol. The maximum atomic E-state index is 14.0. The van der Waals surface area contributed by atoms with Crippen LogP contribution in [0.25, 0.3) is 0 Å². The van der Waals surface area contributed by atoms with Crippen LogP contribution in [0.1, 0.15) is 24.8 Å². The van der Waals surface area contributed by atoms with Crippen LogP contribution in [0.5, 0.6) is 0 Å². The zero-order chi connectivity index (χ0) is 17.5. The second-order valence-corrected chi connectivity index (χ2v) is 6.43. The Hall–Kier alpha value is -1.82. The van der Waals surface area contributed by atoms with E-state index in [0.717, 1.165) is 37.9 Å². The lowest BCUT2D eigenvalue weighted by molar-refractivity contribution is 0.173. The summed E-state index contributed by atoms with van der Waals surface area (Å²) in [4.78, 5) is 15.9. The molecule has 0 atom stereocenters. The largest absolute Gasteiger partial charge is 0.385 e. The number of benzene rings is 1. The highest BCUT2D eigenvalue weighted by molar-refractivity contribution is 5.74. The van der Waals surface area contributed by atoms with Gasteiger partial charge in [0.05, 0.1) is 5.69 Å². The molecule has 0 saturated carbocycles. The summed E-state index contributed by atoms with van der Waals surface area (Å²) < 4.78 is 19.0. The third-order valence-corrected chi connectivity index (χ3v) is 4.45. The number of piperidine rings is 1. The fourth-order valence-electron chi connectivity index (χ4n) is 2.96. The van der Waals surface area contributed by atoms with Gasteiger partial charge in [0, 0.05) is 46.4 Å². The summed E-state index contributed by atoms with van der Waals surface area (Å²) in [5.41, 5.74) is 1.72. The van der Waals surface area contributed by atoms with E-state index >= 15 is 0 Å². The number of nitrogens with one attached hydrogen (secondary N) is 1. The third-order valence-electron chi connectivity index (χ3n) is 4.45. The lowest BCUT2D eigenvalue weighted by atomic mass is 10.0. The minimum atomic E-state index is -0.180. The summed E-state index contributed by atoms with van der Waals surface area (Å²) in [5.74, 6) is -0.180. The highest BCUT2D eigenvalue weighted by Crippen LogP contribution is 2.24. The molecule has 1 aromatic rings. The van der Waals surface area contributed by atoms with Crippen LogP contribution in [0, 0.1) is 12.7 Å². The molecule has 0 bridgehead atoms. The van der Waals surface area contributed by atoms with Crippen molar-refractivity contribution in [3.8, 4) is 0 Å². The SMILES string of the molecule is COCCCN(C)C(=O)NC1CCN(c2cc(C)ccc2F)CC1. The van der Waals surface area contributed by atoms with Gasteiger partial charge in [-0.25, -0.2) is 9.18 Å². The number of aryl methyl sites for hydroxylation is 1. The molecule has 2 amide bonds. The maximum Gasteiger partial charge on any atom is 0.317 e. The van der Waals surface area contributed by atoms with Crippen LogP contribution in [-0.4, -0.2) is 57.4 Å². The van der Waals surface area contributed by atoms with Crippen molar-refractivity contribution < 1.29 is 13.9 Å². The van der Waals surface area contributed by atoms with Gasteiger partial charge in [-0.15, -0.1) is 0 Å². The molecule has 24 heavy (non-hydrogen) atoms. The molecule has 0 radical (unpaired) electrons. The second kappa shape index (κ2) is 8.87. The van der Waals surface area contributed by atoms with E-state index in [0.29, 0.717) is 18.8 Å². The normalized spacial score (nSPS) is 15.4. The Balaban J connectivity index is 1.80. The van der Waals surface area contributed by atoms with E-state index in [2.05, 4.69) is 10.2 Å². The Morgan fingerprint density at radius 2 is 2.12 bits per heavy atom. The Kier molecular flexibility index (Phi) is 6.85. The summed E-state index contributed by atoms with van der Waals surface area (Å²) in [7, 11) is 3.45. The molecule has 0 spiro atoms. The number of amides is 2. The predicted octanol–water partition coefficient (Wildman–Crippen LogP) is 2.78. The van der Waals surface area contributed by atoms with Gasteiger partial charge in [-0.1, -0.05) is 6.07 Å².